The zero-order chi connectivity index (χ0) is 13.7. The molecule has 98 valence electrons. The maximum atomic E-state index is 12.0. The average Bonchev–Trinajstić information content (AvgIpc) is 2.45. The molecule has 2 aromatic rings. The highest BCUT2D eigenvalue weighted by Crippen LogP contribution is 2.11. The second-order valence-electron chi connectivity index (χ2n) is 4.16. The molecule has 0 unspecified atom stereocenters. The molecule has 0 spiro atoms. The van der Waals surface area contributed by atoms with Crippen LogP contribution >= 0.6 is 15.9 Å². The number of carbonyl (C=O) groups is 1. The summed E-state index contributed by atoms with van der Waals surface area (Å²) in [6.07, 6.45) is 0. The fourth-order valence-corrected chi connectivity index (χ4v) is 2.07. The maximum absolute atomic E-state index is 12.0. The summed E-state index contributed by atoms with van der Waals surface area (Å²) in [6, 6.07) is 15.1. The number of amides is 1. The molecular weight excluding hydrogens is 304 g/mol. The van der Waals surface area contributed by atoms with Gasteiger partial charge in [-0.3, -0.25) is 4.79 Å². The Morgan fingerprint density at radius 3 is 2.32 bits per heavy atom. The van der Waals surface area contributed by atoms with Gasteiger partial charge in [-0.05, 0) is 35.4 Å². The number of nitrogens with two attached hydrogens (primary N) is 1. The molecule has 3 nitrogen and oxygen atoms in total. The molecule has 0 saturated carbocycles. The first-order valence-electron chi connectivity index (χ1n) is 6.01. The van der Waals surface area contributed by atoms with Crippen molar-refractivity contribution in [1.82, 2.24) is 5.32 Å². The fourth-order valence-electron chi connectivity index (χ4n) is 1.81. The largest absolute Gasteiger partial charge is 0.348 e. The topological polar surface area (TPSA) is 55.1 Å². The summed E-state index contributed by atoms with van der Waals surface area (Å²) >= 11 is 3.34. The summed E-state index contributed by atoms with van der Waals surface area (Å²) in [5.74, 6) is -0.0840. The Morgan fingerprint density at radius 2 is 1.68 bits per heavy atom. The van der Waals surface area contributed by atoms with Gasteiger partial charge in [0.25, 0.3) is 5.91 Å². The van der Waals surface area contributed by atoms with E-state index in [2.05, 4.69) is 21.2 Å². The van der Waals surface area contributed by atoms with Gasteiger partial charge in [0.1, 0.15) is 0 Å². The van der Waals surface area contributed by atoms with E-state index >= 15 is 0 Å². The summed E-state index contributed by atoms with van der Waals surface area (Å²) in [5, 5.41) is 2.90. The highest BCUT2D eigenvalue weighted by Gasteiger charge is 2.06. The van der Waals surface area contributed by atoms with Crippen LogP contribution in [-0.2, 0) is 13.1 Å². The molecule has 0 aromatic heterocycles. The van der Waals surface area contributed by atoms with Crippen molar-refractivity contribution >= 4 is 21.8 Å². The lowest BCUT2D eigenvalue weighted by atomic mass is 10.1. The van der Waals surface area contributed by atoms with E-state index in [4.69, 9.17) is 5.73 Å². The molecule has 4 heteroatoms. The molecule has 0 fully saturated rings. The number of hydrogen-bond acceptors (Lipinski definition) is 2. The van der Waals surface area contributed by atoms with E-state index in [1.807, 2.05) is 36.4 Å². The number of benzene rings is 2. The summed E-state index contributed by atoms with van der Waals surface area (Å²) in [7, 11) is 0. The van der Waals surface area contributed by atoms with Crippen LogP contribution in [-0.4, -0.2) is 5.91 Å². The van der Waals surface area contributed by atoms with Gasteiger partial charge in [-0.15, -0.1) is 0 Å². The molecule has 2 rings (SSSR count). The number of nitrogens with one attached hydrogen (secondary N) is 1. The second kappa shape index (κ2) is 6.50. The predicted molar refractivity (Wildman–Crippen MR) is 79.6 cm³/mol. The molecular formula is C15H15BrN2O. The van der Waals surface area contributed by atoms with Crippen molar-refractivity contribution in [1.29, 1.82) is 0 Å². The quantitative estimate of drug-likeness (QED) is 0.910. The lowest BCUT2D eigenvalue weighted by Gasteiger charge is -2.09. The first-order valence-corrected chi connectivity index (χ1v) is 6.80. The molecule has 1 amide bonds. The van der Waals surface area contributed by atoms with E-state index in [-0.39, 0.29) is 5.91 Å². The van der Waals surface area contributed by atoms with E-state index in [1.54, 1.807) is 12.1 Å². The Morgan fingerprint density at radius 1 is 1.05 bits per heavy atom. The van der Waals surface area contributed by atoms with Crippen LogP contribution in [0.5, 0.6) is 0 Å². The number of halogens is 1. The van der Waals surface area contributed by atoms with Gasteiger partial charge in [0.2, 0.25) is 0 Å². The maximum Gasteiger partial charge on any atom is 0.251 e. The third-order valence-corrected chi connectivity index (χ3v) is 3.41. The molecule has 0 aliphatic rings. The molecule has 2 aromatic carbocycles. The van der Waals surface area contributed by atoms with Crippen molar-refractivity contribution in [3.05, 3.63) is 69.7 Å². The van der Waals surface area contributed by atoms with Crippen molar-refractivity contribution in [2.45, 2.75) is 13.1 Å². The van der Waals surface area contributed by atoms with E-state index in [1.165, 1.54) is 0 Å². The number of carbonyl (C=O) groups excluding carboxylic acids is 1. The molecule has 0 atom stereocenters. The highest BCUT2D eigenvalue weighted by molar-refractivity contribution is 9.10. The highest BCUT2D eigenvalue weighted by atomic mass is 79.9. The van der Waals surface area contributed by atoms with Crippen molar-refractivity contribution in [2.24, 2.45) is 5.73 Å². The second-order valence-corrected chi connectivity index (χ2v) is 5.08. The third kappa shape index (κ3) is 3.66. The van der Waals surface area contributed by atoms with Crippen LogP contribution in [0, 0.1) is 0 Å². The van der Waals surface area contributed by atoms with Gasteiger partial charge < -0.3 is 11.1 Å². The van der Waals surface area contributed by atoms with Crippen LogP contribution in [0.15, 0.2) is 53.0 Å². The first kappa shape index (κ1) is 13.8. The minimum absolute atomic E-state index is 0.0840. The van der Waals surface area contributed by atoms with E-state index < -0.39 is 0 Å². The Labute approximate surface area is 121 Å². The number of rotatable bonds is 4. The lowest BCUT2D eigenvalue weighted by molar-refractivity contribution is 0.0951. The van der Waals surface area contributed by atoms with Crippen LogP contribution in [0.4, 0.5) is 0 Å². The van der Waals surface area contributed by atoms with Gasteiger partial charge >= 0.3 is 0 Å². The van der Waals surface area contributed by atoms with Gasteiger partial charge in [0.15, 0.2) is 0 Å². The van der Waals surface area contributed by atoms with Gasteiger partial charge in [-0.25, -0.2) is 0 Å². The average molecular weight is 319 g/mol. The molecule has 0 saturated heterocycles. The van der Waals surface area contributed by atoms with E-state index in [0.29, 0.717) is 18.7 Å². The van der Waals surface area contributed by atoms with Crippen molar-refractivity contribution < 1.29 is 4.79 Å². The third-order valence-electron chi connectivity index (χ3n) is 2.88. The summed E-state index contributed by atoms with van der Waals surface area (Å²) in [6.45, 7) is 0.965. The zero-order valence-corrected chi connectivity index (χ0v) is 12.0. The molecule has 19 heavy (non-hydrogen) atoms. The Bertz CT molecular complexity index is 567. The number of hydrogen-bond donors (Lipinski definition) is 2. The van der Waals surface area contributed by atoms with Crippen molar-refractivity contribution in [2.75, 3.05) is 0 Å². The molecule has 3 N–H and O–H groups in total. The molecule has 0 radical (unpaired) electrons. The van der Waals surface area contributed by atoms with Crippen LogP contribution in [0.25, 0.3) is 0 Å². The Kier molecular flexibility index (Phi) is 4.71. The fraction of sp³-hybridized carbons (Fsp3) is 0.133. The Balaban J connectivity index is 2.02. The van der Waals surface area contributed by atoms with Crippen molar-refractivity contribution in [3.63, 3.8) is 0 Å². The van der Waals surface area contributed by atoms with Crippen LogP contribution < -0.4 is 11.1 Å². The summed E-state index contributed by atoms with van der Waals surface area (Å²) < 4.78 is 0.956. The zero-order valence-electron chi connectivity index (χ0n) is 10.4. The SMILES string of the molecule is NCc1ccccc1CNC(=O)c1ccc(Br)cc1. The van der Waals surface area contributed by atoms with Crippen LogP contribution in [0.3, 0.4) is 0 Å². The summed E-state index contributed by atoms with van der Waals surface area (Å²) in [4.78, 5) is 12.0. The normalized spacial score (nSPS) is 10.2. The van der Waals surface area contributed by atoms with Gasteiger partial charge in [-0.1, -0.05) is 40.2 Å². The van der Waals surface area contributed by atoms with Gasteiger partial charge in [0.05, 0.1) is 0 Å². The molecule has 0 bridgehead atoms. The minimum Gasteiger partial charge on any atom is -0.348 e. The first-order chi connectivity index (χ1) is 9.20. The smallest absolute Gasteiger partial charge is 0.251 e. The van der Waals surface area contributed by atoms with E-state index in [0.717, 1.165) is 15.6 Å². The van der Waals surface area contributed by atoms with E-state index in [9.17, 15) is 4.79 Å². The van der Waals surface area contributed by atoms with Crippen LogP contribution in [0.2, 0.25) is 0 Å². The van der Waals surface area contributed by atoms with Gasteiger partial charge in [0, 0.05) is 23.1 Å². The molecule has 0 aliphatic carbocycles. The van der Waals surface area contributed by atoms with Crippen LogP contribution in [0.1, 0.15) is 21.5 Å². The predicted octanol–water partition coefficient (Wildman–Crippen LogP) is 2.84. The Hall–Kier alpha value is -1.65. The minimum atomic E-state index is -0.0840. The van der Waals surface area contributed by atoms with Gasteiger partial charge in [-0.2, -0.15) is 0 Å². The summed E-state index contributed by atoms with van der Waals surface area (Å²) in [5.41, 5.74) is 8.42. The molecule has 0 heterocycles. The van der Waals surface area contributed by atoms with Crippen molar-refractivity contribution in [3.8, 4) is 0 Å². The lowest BCUT2D eigenvalue weighted by Crippen LogP contribution is -2.23. The monoisotopic (exact) mass is 318 g/mol. The molecule has 0 aliphatic heterocycles. The standard InChI is InChI=1S/C15H15BrN2O/c16-14-7-5-11(6-8-14)15(19)18-10-13-4-2-1-3-12(13)9-17/h1-8H,9-10,17H2,(H,18,19).